The summed E-state index contributed by atoms with van der Waals surface area (Å²) in [4.78, 5) is 11.4. The van der Waals surface area contributed by atoms with Gasteiger partial charge in [-0.05, 0) is 19.3 Å². The molecule has 4 nitrogen and oxygen atoms in total. The highest BCUT2D eigenvalue weighted by molar-refractivity contribution is 5.69. The predicted octanol–water partition coefficient (Wildman–Crippen LogP) is 2.59. The molecule has 1 aromatic rings. The van der Waals surface area contributed by atoms with Crippen molar-refractivity contribution in [3.05, 3.63) is 17.0 Å². The maximum absolute atomic E-state index is 14.1. The summed E-state index contributed by atoms with van der Waals surface area (Å²) in [5.74, 6) is -5.46. The van der Waals surface area contributed by atoms with E-state index in [1.54, 1.807) is 6.92 Å². The van der Waals surface area contributed by atoms with Crippen LogP contribution < -0.4 is 0 Å². The molecule has 1 fully saturated rings. The molecule has 110 valence electrons. The summed E-state index contributed by atoms with van der Waals surface area (Å²) in [5, 5.41) is 3.51. The molecule has 0 N–H and O–H groups in total. The topological polar surface area (TPSA) is 44.1 Å². The van der Waals surface area contributed by atoms with E-state index in [1.807, 2.05) is 0 Å². The average molecular weight is 292 g/mol. The van der Waals surface area contributed by atoms with E-state index >= 15 is 0 Å². The van der Waals surface area contributed by atoms with E-state index in [1.165, 1.54) is 0 Å². The fourth-order valence-corrected chi connectivity index (χ4v) is 2.91. The molecule has 0 aliphatic heterocycles. The second-order valence-corrected chi connectivity index (χ2v) is 4.98. The Morgan fingerprint density at radius 3 is 2.85 bits per heavy atom. The van der Waals surface area contributed by atoms with Gasteiger partial charge < -0.3 is 4.74 Å². The minimum absolute atomic E-state index is 0.0701. The number of esters is 1. The van der Waals surface area contributed by atoms with Crippen LogP contribution in [-0.4, -0.2) is 22.4 Å². The Hall–Kier alpha value is -1.60. The van der Waals surface area contributed by atoms with Crippen molar-refractivity contribution < 1.29 is 27.1 Å². The van der Waals surface area contributed by atoms with Gasteiger partial charge in [0.2, 0.25) is 0 Å². The van der Waals surface area contributed by atoms with E-state index < -0.39 is 48.1 Å². The van der Waals surface area contributed by atoms with Crippen LogP contribution in [0.5, 0.6) is 0 Å². The lowest BCUT2D eigenvalue weighted by atomic mass is 10.1. The molecule has 1 heterocycles. The average Bonchev–Trinajstić information content (AvgIpc) is 3.00. The molecule has 2 atom stereocenters. The zero-order chi connectivity index (χ0) is 14.7. The van der Waals surface area contributed by atoms with E-state index in [0.717, 1.165) is 0 Å². The molecule has 1 saturated carbocycles. The molecule has 2 aliphatic carbocycles. The van der Waals surface area contributed by atoms with Crippen LogP contribution in [0.1, 0.15) is 42.6 Å². The van der Waals surface area contributed by atoms with Gasteiger partial charge in [0.25, 0.3) is 12.3 Å². The molecule has 0 spiro atoms. The second-order valence-electron chi connectivity index (χ2n) is 4.98. The first-order valence-corrected chi connectivity index (χ1v) is 6.30. The number of nitrogens with zero attached hydrogens (tertiary/aromatic N) is 2. The number of carbonyl (C=O) groups is 1. The van der Waals surface area contributed by atoms with Gasteiger partial charge in [0, 0.05) is 11.5 Å². The summed E-state index contributed by atoms with van der Waals surface area (Å²) in [6.45, 7) is 1.09. The normalized spacial score (nSPS) is 25.5. The van der Waals surface area contributed by atoms with Crippen molar-refractivity contribution in [3.63, 3.8) is 0 Å². The number of ether oxygens (including phenoxy) is 1. The molecule has 0 bridgehead atoms. The van der Waals surface area contributed by atoms with Crippen molar-refractivity contribution in [3.8, 4) is 0 Å². The minimum atomic E-state index is -3.20. The van der Waals surface area contributed by atoms with Crippen LogP contribution in [0.25, 0.3) is 0 Å². The first-order chi connectivity index (χ1) is 9.37. The third-order valence-corrected chi connectivity index (χ3v) is 3.75. The Balaban J connectivity index is 2.02. The molecule has 0 radical (unpaired) electrons. The molecule has 20 heavy (non-hydrogen) atoms. The Bertz CT molecular complexity index is 570. The summed E-state index contributed by atoms with van der Waals surface area (Å²) in [6.07, 6.45) is -2.73. The van der Waals surface area contributed by atoms with Gasteiger partial charge in [-0.2, -0.15) is 13.9 Å². The standard InChI is InChI=1S/C12H12F4N2O2/c1-2-20-7(19)4-18-10-8(9(17-18)11(13)14)5-3-6(5)12(10,15)16/h5-6,11H,2-4H2,1H3/t5?,6-/m1/s1. The number of carbonyl (C=O) groups excluding carboxylic acids is 1. The van der Waals surface area contributed by atoms with Crippen LogP contribution >= 0.6 is 0 Å². The van der Waals surface area contributed by atoms with E-state index in [-0.39, 0.29) is 18.6 Å². The molecule has 1 unspecified atom stereocenters. The van der Waals surface area contributed by atoms with Gasteiger partial charge in [-0.3, -0.25) is 9.48 Å². The van der Waals surface area contributed by atoms with Crippen molar-refractivity contribution in [1.29, 1.82) is 0 Å². The summed E-state index contributed by atoms with van der Waals surface area (Å²) in [5.41, 5.74) is -1.24. The van der Waals surface area contributed by atoms with Gasteiger partial charge in [-0.1, -0.05) is 0 Å². The number of fused-ring (bicyclic) bond motifs is 3. The lowest BCUT2D eigenvalue weighted by molar-refractivity contribution is -0.144. The number of hydrogen-bond donors (Lipinski definition) is 0. The molecule has 0 aromatic carbocycles. The molecule has 2 aliphatic rings. The quantitative estimate of drug-likeness (QED) is 0.633. The van der Waals surface area contributed by atoms with Gasteiger partial charge >= 0.3 is 5.97 Å². The molecule has 8 heteroatoms. The smallest absolute Gasteiger partial charge is 0.327 e. The van der Waals surface area contributed by atoms with Crippen LogP contribution in [-0.2, 0) is 22.0 Å². The SMILES string of the molecule is CCOC(=O)Cn1nc(C(F)F)c2c1C(F)(F)[C@@H]1CC21. The molecular weight excluding hydrogens is 280 g/mol. The molecule has 1 aromatic heterocycles. The number of halogens is 4. The Kier molecular flexibility index (Phi) is 2.81. The summed E-state index contributed by atoms with van der Waals surface area (Å²) < 4.78 is 59.4. The Morgan fingerprint density at radius 1 is 1.55 bits per heavy atom. The number of alkyl halides is 4. The predicted molar refractivity (Wildman–Crippen MR) is 58.6 cm³/mol. The van der Waals surface area contributed by atoms with Crippen LogP contribution in [0.3, 0.4) is 0 Å². The van der Waals surface area contributed by atoms with Crippen LogP contribution in [0.4, 0.5) is 17.6 Å². The zero-order valence-corrected chi connectivity index (χ0v) is 10.6. The van der Waals surface area contributed by atoms with Crippen LogP contribution in [0, 0.1) is 5.92 Å². The van der Waals surface area contributed by atoms with E-state index in [9.17, 15) is 22.4 Å². The number of rotatable bonds is 4. The van der Waals surface area contributed by atoms with Crippen molar-refractivity contribution in [2.75, 3.05) is 6.61 Å². The molecule has 0 amide bonds. The maximum Gasteiger partial charge on any atom is 0.327 e. The fourth-order valence-electron chi connectivity index (χ4n) is 2.91. The van der Waals surface area contributed by atoms with Gasteiger partial charge in [0.15, 0.2) is 0 Å². The van der Waals surface area contributed by atoms with E-state index in [4.69, 9.17) is 0 Å². The van der Waals surface area contributed by atoms with Gasteiger partial charge in [-0.25, -0.2) is 8.78 Å². The zero-order valence-electron chi connectivity index (χ0n) is 10.6. The van der Waals surface area contributed by atoms with Crippen LogP contribution in [0.15, 0.2) is 0 Å². The fraction of sp³-hybridized carbons (Fsp3) is 0.667. The largest absolute Gasteiger partial charge is 0.465 e. The highest BCUT2D eigenvalue weighted by Crippen LogP contribution is 2.68. The van der Waals surface area contributed by atoms with Gasteiger partial charge in [0.1, 0.15) is 17.9 Å². The molecule has 0 saturated heterocycles. The third-order valence-electron chi connectivity index (χ3n) is 3.75. The minimum Gasteiger partial charge on any atom is -0.465 e. The maximum atomic E-state index is 14.1. The summed E-state index contributed by atoms with van der Waals surface area (Å²) >= 11 is 0. The van der Waals surface area contributed by atoms with E-state index in [2.05, 4.69) is 9.84 Å². The Morgan fingerprint density at radius 2 is 2.25 bits per heavy atom. The molecular formula is C12H12F4N2O2. The van der Waals surface area contributed by atoms with Crippen LogP contribution in [0.2, 0.25) is 0 Å². The van der Waals surface area contributed by atoms with Gasteiger partial charge in [-0.15, -0.1) is 0 Å². The van der Waals surface area contributed by atoms with Gasteiger partial charge in [0.05, 0.1) is 6.61 Å². The monoisotopic (exact) mass is 292 g/mol. The van der Waals surface area contributed by atoms with Crippen molar-refractivity contribution in [2.24, 2.45) is 5.92 Å². The summed E-state index contributed by atoms with van der Waals surface area (Å²) in [7, 11) is 0. The lowest BCUT2D eigenvalue weighted by Crippen LogP contribution is -2.23. The van der Waals surface area contributed by atoms with Crippen molar-refractivity contribution >= 4 is 5.97 Å². The van der Waals surface area contributed by atoms with Crippen molar-refractivity contribution in [1.82, 2.24) is 9.78 Å². The second kappa shape index (κ2) is 4.20. The number of aromatic nitrogens is 2. The first-order valence-electron chi connectivity index (χ1n) is 6.30. The van der Waals surface area contributed by atoms with E-state index in [0.29, 0.717) is 4.68 Å². The first kappa shape index (κ1) is 13.4. The highest BCUT2D eigenvalue weighted by atomic mass is 19.3. The van der Waals surface area contributed by atoms with Crippen molar-refractivity contribution in [2.45, 2.75) is 38.2 Å². The number of hydrogen-bond acceptors (Lipinski definition) is 3. The summed E-state index contributed by atoms with van der Waals surface area (Å²) in [6, 6.07) is 0. The highest BCUT2D eigenvalue weighted by Gasteiger charge is 2.67. The lowest BCUT2D eigenvalue weighted by Gasteiger charge is -2.14. The Labute approximate surface area is 111 Å². The molecule has 3 rings (SSSR count). The third kappa shape index (κ3) is 1.73.